The summed E-state index contributed by atoms with van der Waals surface area (Å²) in [5.41, 5.74) is 3.41. The number of rotatable bonds is 6. The maximum absolute atomic E-state index is 12.0. The van der Waals surface area contributed by atoms with Crippen LogP contribution in [-0.4, -0.2) is 26.7 Å². The van der Waals surface area contributed by atoms with Crippen molar-refractivity contribution in [2.24, 2.45) is 7.05 Å². The number of ether oxygens (including phenoxy) is 1. The number of carbonyl (C=O) groups is 1. The van der Waals surface area contributed by atoms with Crippen LogP contribution >= 0.6 is 11.5 Å². The van der Waals surface area contributed by atoms with Gasteiger partial charge in [-0.2, -0.15) is 9.47 Å². The Bertz CT molecular complexity index is 633. The number of esters is 1. The van der Waals surface area contributed by atoms with Gasteiger partial charge in [0.25, 0.3) is 0 Å². The average Bonchev–Trinajstić information content (AvgIpc) is 2.99. The number of nitrogens with zero attached hydrogens (tertiary/aromatic N) is 3. The number of nitrogens with one attached hydrogen (secondary N) is 1. The summed E-state index contributed by atoms with van der Waals surface area (Å²) < 4.78 is 11.1. The smallest absolute Gasteiger partial charge is 0.343 e. The highest BCUT2D eigenvalue weighted by Gasteiger charge is 2.19. The Morgan fingerprint density at radius 1 is 1.48 bits per heavy atom. The zero-order chi connectivity index (χ0) is 15.4. The molecule has 0 fully saturated rings. The van der Waals surface area contributed by atoms with Crippen molar-refractivity contribution in [2.75, 3.05) is 11.9 Å². The van der Waals surface area contributed by atoms with Gasteiger partial charge in [0, 0.05) is 25.4 Å². The molecule has 0 unspecified atom stereocenters. The maximum Gasteiger partial charge on any atom is 0.343 e. The molecule has 0 atom stereocenters. The molecule has 0 saturated carbocycles. The van der Waals surface area contributed by atoms with E-state index in [4.69, 9.17) is 4.74 Å². The van der Waals surface area contributed by atoms with Gasteiger partial charge in [0.1, 0.15) is 10.6 Å². The normalized spacial score (nSPS) is 10.7. The van der Waals surface area contributed by atoms with E-state index in [0.29, 0.717) is 24.4 Å². The van der Waals surface area contributed by atoms with Crippen LogP contribution in [0.15, 0.2) is 6.20 Å². The molecular weight excluding hydrogens is 288 g/mol. The Morgan fingerprint density at radius 2 is 2.24 bits per heavy atom. The minimum Gasteiger partial charge on any atom is -0.462 e. The molecule has 6 nitrogen and oxygen atoms in total. The number of aryl methyl sites for hydroxylation is 3. The molecule has 0 spiro atoms. The predicted molar refractivity (Wildman–Crippen MR) is 82.7 cm³/mol. The summed E-state index contributed by atoms with van der Waals surface area (Å²) in [5.74, 6) is -0.326. The van der Waals surface area contributed by atoms with Gasteiger partial charge in [-0.1, -0.05) is 6.92 Å². The molecule has 0 amide bonds. The van der Waals surface area contributed by atoms with Crippen molar-refractivity contribution in [1.82, 2.24) is 14.2 Å². The van der Waals surface area contributed by atoms with Crippen molar-refractivity contribution in [1.29, 1.82) is 0 Å². The zero-order valence-electron chi connectivity index (χ0n) is 12.8. The van der Waals surface area contributed by atoms with E-state index in [1.807, 2.05) is 20.2 Å². The van der Waals surface area contributed by atoms with Gasteiger partial charge < -0.3 is 10.1 Å². The third-order valence-electron chi connectivity index (χ3n) is 3.11. The molecule has 0 aromatic carbocycles. The molecule has 2 aromatic heterocycles. The average molecular weight is 308 g/mol. The van der Waals surface area contributed by atoms with Crippen molar-refractivity contribution in [2.45, 2.75) is 33.7 Å². The first-order valence-corrected chi connectivity index (χ1v) is 7.72. The molecule has 0 aliphatic rings. The van der Waals surface area contributed by atoms with Crippen LogP contribution in [0.4, 0.5) is 5.00 Å². The van der Waals surface area contributed by atoms with Crippen molar-refractivity contribution >= 4 is 22.5 Å². The van der Waals surface area contributed by atoms with Gasteiger partial charge in [0.05, 0.1) is 18.0 Å². The molecule has 0 aliphatic heterocycles. The molecule has 0 radical (unpaired) electrons. The highest BCUT2D eigenvalue weighted by molar-refractivity contribution is 7.10. The monoisotopic (exact) mass is 308 g/mol. The highest BCUT2D eigenvalue weighted by atomic mass is 32.1. The minimum absolute atomic E-state index is 0.326. The van der Waals surface area contributed by atoms with Crippen LogP contribution in [0.2, 0.25) is 0 Å². The Kier molecular flexibility index (Phi) is 4.95. The summed E-state index contributed by atoms with van der Waals surface area (Å²) in [6.45, 7) is 6.66. The highest BCUT2D eigenvalue weighted by Crippen LogP contribution is 2.26. The van der Waals surface area contributed by atoms with Gasteiger partial charge in [-0.15, -0.1) is 0 Å². The van der Waals surface area contributed by atoms with Crippen molar-refractivity contribution in [3.8, 4) is 0 Å². The first kappa shape index (κ1) is 15.5. The lowest BCUT2D eigenvalue weighted by molar-refractivity contribution is 0.0527. The van der Waals surface area contributed by atoms with E-state index >= 15 is 0 Å². The summed E-state index contributed by atoms with van der Waals surface area (Å²) >= 11 is 1.28. The van der Waals surface area contributed by atoms with Crippen LogP contribution in [0.25, 0.3) is 0 Å². The fraction of sp³-hybridized carbons (Fsp3) is 0.500. The summed E-state index contributed by atoms with van der Waals surface area (Å²) in [6.07, 6.45) is 2.87. The third-order valence-corrected chi connectivity index (χ3v) is 4.00. The molecule has 7 heteroatoms. The molecule has 1 N–H and O–H groups in total. The molecule has 21 heavy (non-hydrogen) atoms. The van der Waals surface area contributed by atoms with E-state index in [-0.39, 0.29) is 5.97 Å². The fourth-order valence-electron chi connectivity index (χ4n) is 2.14. The van der Waals surface area contributed by atoms with Crippen molar-refractivity contribution in [3.63, 3.8) is 0 Å². The fourth-order valence-corrected chi connectivity index (χ4v) is 2.92. The molecule has 0 bridgehead atoms. The van der Waals surface area contributed by atoms with E-state index < -0.39 is 0 Å². The van der Waals surface area contributed by atoms with Crippen LogP contribution < -0.4 is 5.32 Å². The Balaban J connectivity index is 2.15. The Morgan fingerprint density at radius 3 is 2.90 bits per heavy atom. The minimum atomic E-state index is -0.326. The standard InChI is InChI=1S/C14H20N4O2S/c1-5-11-10(8-18(4)16-11)7-15-13-12(9(3)17-21-13)14(19)20-6-2/h8,15H,5-7H2,1-4H3. The van der Waals surface area contributed by atoms with E-state index in [9.17, 15) is 4.79 Å². The largest absolute Gasteiger partial charge is 0.462 e. The summed E-state index contributed by atoms with van der Waals surface area (Å²) in [5, 5.41) is 8.43. The van der Waals surface area contributed by atoms with Crippen LogP contribution in [0.3, 0.4) is 0 Å². The van der Waals surface area contributed by atoms with Gasteiger partial charge in [-0.25, -0.2) is 4.79 Å². The van der Waals surface area contributed by atoms with Crippen LogP contribution in [0, 0.1) is 6.92 Å². The van der Waals surface area contributed by atoms with E-state index in [1.165, 1.54) is 11.5 Å². The molecule has 0 aliphatic carbocycles. The lowest BCUT2D eigenvalue weighted by Gasteiger charge is -2.06. The van der Waals surface area contributed by atoms with Gasteiger partial charge in [0.15, 0.2) is 0 Å². The number of anilines is 1. The van der Waals surface area contributed by atoms with Crippen LogP contribution in [0.5, 0.6) is 0 Å². The first-order chi connectivity index (χ1) is 10.1. The SMILES string of the molecule is CCOC(=O)c1c(C)nsc1NCc1cn(C)nc1CC. The summed E-state index contributed by atoms with van der Waals surface area (Å²) in [4.78, 5) is 12.0. The predicted octanol–water partition coefficient (Wildman–Crippen LogP) is 2.54. The van der Waals surface area contributed by atoms with E-state index in [0.717, 1.165) is 22.7 Å². The van der Waals surface area contributed by atoms with Crippen molar-refractivity contribution < 1.29 is 9.53 Å². The molecule has 2 aromatic rings. The number of carbonyl (C=O) groups excluding carboxylic acids is 1. The maximum atomic E-state index is 12.0. The van der Waals surface area contributed by atoms with E-state index in [1.54, 1.807) is 11.6 Å². The number of aromatic nitrogens is 3. The van der Waals surface area contributed by atoms with Crippen LogP contribution in [0.1, 0.15) is 41.2 Å². The first-order valence-electron chi connectivity index (χ1n) is 6.95. The topological polar surface area (TPSA) is 69.0 Å². The lowest BCUT2D eigenvalue weighted by Crippen LogP contribution is -2.09. The lowest BCUT2D eigenvalue weighted by atomic mass is 10.2. The van der Waals surface area contributed by atoms with Gasteiger partial charge in [-0.3, -0.25) is 4.68 Å². The van der Waals surface area contributed by atoms with Crippen LogP contribution in [-0.2, 0) is 24.8 Å². The second-order valence-corrected chi connectivity index (χ2v) is 5.45. The molecule has 2 heterocycles. The van der Waals surface area contributed by atoms with Crippen molar-refractivity contribution in [3.05, 3.63) is 28.7 Å². The quantitative estimate of drug-likeness (QED) is 0.831. The molecule has 114 valence electrons. The molecule has 0 saturated heterocycles. The molecule has 2 rings (SSSR count). The number of hydrogen-bond donors (Lipinski definition) is 1. The van der Waals surface area contributed by atoms with Gasteiger partial charge >= 0.3 is 5.97 Å². The summed E-state index contributed by atoms with van der Waals surface area (Å²) in [7, 11) is 1.91. The second-order valence-electron chi connectivity index (χ2n) is 4.67. The van der Waals surface area contributed by atoms with E-state index in [2.05, 4.69) is 21.7 Å². The van der Waals surface area contributed by atoms with Gasteiger partial charge in [-0.05, 0) is 31.8 Å². The van der Waals surface area contributed by atoms with Gasteiger partial charge in [0.2, 0.25) is 0 Å². The number of hydrogen-bond acceptors (Lipinski definition) is 6. The molecular formula is C14H20N4O2S. The second kappa shape index (κ2) is 6.71. The Hall–Kier alpha value is -1.89. The Labute approximate surface area is 128 Å². The summed E-state index contributed by atoms with van der Waals surface area (Å²) in [6, 6.07) is 0. The third kappa shape index (κ3) is 3.41. The zero-order valence-corrected chi connectivity index (χ0v) is 13.6.